The molecule has 13 heteroatoms. The zero-order chi connectivity index (χ0) is 32.6. The van der Waals surface area contributed by atoms with Crippen molar-refractivity contribution >= 4 is 28.9 Å². The van der Waals surface area contributed by atoms with Gasteiger partial charge in [0.25, 0.3) is 5.91 Å². The number of halogens is 3. The third-order valence-electron chi connectivity index (χ3n) is 8.64. The molecule has 2 aromatic carbocycles. The fourth-order valence-electron chi connectivity index (χ4n) is 6.18. The van der Waals surface area contributed by atoms with Crippen molar-refractivity contribution in [1.29, 1.82) is 0 Å². The molecule has 0 radical (unpaired) electrons. The number of aromatic nitrogens is 4. The Hall–Kier alpha value is -4.65. The van der Waals surface area contributed by atoms with Crippen molar-refractivity contribution in [3.8, 4) is 17.1 Å². The summed E-state index contributed by atoms with van der Waals surface area (Å²) in [5, 5.41) is 10.6. The van der Waals surface area contributed by atoms with E-state index < -0.39 is 6.36 Å². The molecule has 1 amide bonds. The largest absolute Gasteiger partial charge is 0.573 e. The lowest BCUT2D eigenvalue weighted by molar-refractivity contribution is -0.274. The lowest BCUT2D eigenvalue weighted by atomic mass is 9.93. The summed E-state index contributed by atoms with van der Waals surface area (Å²) in [7, 11) is 3.77. The van der Waals surface area contributed by atoms with Crippen LogP contribution in [0.3, 0.4) is 0 Å². The van der Waals surface area contributed by atoms with Gasteiger partial charge in [0.15, 0.2) is 11.4 Å². The molecule has 3 heterocycles. The van der Waals surface area contributed by atoms with Gasteiger partial charge in [-0.25, -0.2) is 9.97 Å². The van der Waals surface area contributed by atoms with Crippen molar-refractivity contribution in [2.75, 3.05) is 48.8 Å². The maximum Gasteiger partial charge on any atom is 0.573 e. The van der Waals surface area contributed by atoms with Crippen molar-refractivity contribution in [3.05, 3.63) is 70.5 Å². The van der Waals surface area contributed by atoms with Gasteiger partial charge < -0.3 is 25.2 Å². The van der Waals surface area contributed by atoms with Gasteiger partial charge in [0.1, 0.15) is 0 Å². The Morgan fingerprint density at radius 2 is 1.72 bits per heavy atom. The third-order valence-corrected chi connectivity index (χ3v) is 8.64. The number of carbonyl (C=O) groups excluding carboxylic acids is 1. The first-order chi connectivity index (χ1) is 22.0. The predicted octanol–water partition coefficient (Wildman–Crippen LogP) is 5.75. The average molecular weight is 635 g/mol. The summed E-state index contributed by atoms with van der Waals surface area (Å²) in [5.41, 5.74) is 6.84. The lowest BCUT2D eigenvalue weighted by Gasteiger charge is -2.34. The van der Waals surface area contributed by atoms with Gasteiger partial charge in [0.2, 0.25) is 5.95 Å². The number of hydrogen-bond donors (Lipinski definition) is 2. The maximum absolute atomic E-state index is 13.6. The van der Waals surface area contributed by atoms with E-state index in [9.17, 15) is 18.0 Å². The number of amides is 1. The Kier molecular flexibility index (Phi) is 8.60. The van der Waals surface area contributed by atoms with Crippen LogP contribution < -0.4 is 20.3 Å². The van der Waals surface area contributed by atoms with Gasteiger partial charge in [0.05, 0.1) is 17.1 Å². The summed E-state index contributed by atoms with van der Waals surface area (Å²) in [6, 6.07) is 10.7. The van der Waals surface area contributed by atoms with Crippen LogP contribution in [0, 0.1) is 0 Å². The highest BCUT2D eigenvalue weighted by Crippen LogP contribution is 2.38. The molecule has 0 atom stereocenters. The molecule has 10 nitrogen and oxygen atoms in total. The molecule has 0 unspecified atom stereocenters. The number of fused-ring (bicyclic) bond motifs is 3. The monoisotopic (exact) mass is 634 g/mol. The minimum Gasteiger partial charge on any atom is -0.403 e. The number of anilines is 4. The molecule has 4 aromatic rings. The normalized spacial score (nSPS) is 14.9. The first kappa shape index (κ1) is 31.3. The molecule has 0 spiro atoms. The number of alkyl halides is 3. The van der Waals surface area contributed by atoms with Crippen LogP contribution in [0.1, 0.15) is 46.6 Å². The van der Waals surface area contributed by atoms with Crippen LogP contribution >= 0.6 is 0 Å². The Morgan fingerprint density at radius 3 is 2.39 bits per heavy atom. The smallest absolute Gasteiger partial charge is 0.403 e. The summed E-state index contributed by atoms with van der Waals surface area (Å²) < 4.78 is 46.5. The Balaban J connectivity index is 1.30. The van der Waals surface area contributed by atoms with E-state index in [4.69, 9.17) is 4.98 Å². The molecule has 1 aliphatic carbocycles. The number of hydrogen-bond acceptors (Lipinski definition) is 8. The summed E-state index contributed by atoms with van der Waals surface area (Å²) in [4.78, 5) is 26.9. The van der Waals surface area contributed by atoms with Crippen LogP contribution in [-0.2, 0) is 32.7 Å². The molecule has 2 aromatic heterocycles. The number of benzene rings is 2. The highest BCUT2D eigenvalue weighted by atomic mass is 19.4. The molecule has 6 rings (SSSR count). The fourth-order valence-corrected chi connectivity index (χ4v) is 6.18. The van der Waals surface area contributed by atoms with Crippen LogP contribution in [0.5, 0.6) is 5.75 Å². The first-order valence-electron chi connectivity index (χ1n) is 15.5. The number of nitrogens with one attached hydrogen (secondary N) is 2. The number of para-hydroxylation sites is 1. The van der Waals surface area contributed by atoms with E-state index in [0.29, 0.717) is 48.7 Å². The van der Waals surface area contributed by atoms with Crippen LogP contribution in [0.25, 0.3) is 11.4 Å². The van der Waals surface area contributed by atoms with Gasteiger partial charge in [-0.2, -0.15) is 5.10 Å². The van der Waals surface area contributed by atoms with Crippen molar-refractivity contribution < 1.29 is 22.7 Å². The van der Waals surface area contributed by atoms with E-state index in [1.807, 2.05) is 30.1 Å². The van der Waals surface area contributed by atoms with Gasteiger partial charge in [-0.3, -0.25) is 9.48 Å². The van der Waals surface area contributed by atoms with Gasteiger partial charge >= 0.3 is 6.36 Å². The number of likely N-dealkylation sites (N-methyl/N-ethyl adjacent to an activating group) is 1. The van der Waals surface area contributed by atoms with E-state index >= 15 is 0 Å². The second-order valence-corrected chi connectivity index (χ2v) is 11.6. The second-order valence-electron chi connectivity index (χ2n) is 11.6. The molecule has 2 N–H and O–H groups in total. The zero-order valence-corrected chi connectivity index (χ0v) is 26.3. The van der Waals surface area contributed by atoms with Crippen LogP contribution in [0.15, 0.2) is 42.6 Å². The number of ether oxygens (including phenoxy) is 1. The van der Waals surface area contributed by atoms with Crippen molar-refractivity contribution in [1.82, 2.24) is 24.6 Å². The van der Waals surface area contributed by atoms with E-state index in [0.717, 1.165) is 53.9 Å². The number of carbonyl (C=O) groups is 1. The highest BCUT2D eigenvalue weighted by molar-refractivity contribution is 6.06. The van der Waals surface area contributed by atoms with Crippen LogP contribution in [0.2, 0.25) is 0 Å². The predicted molar refractivity (Wildman–Crippen MR) is 171 cm³/mol. The number of nitrogens with zero attached hydrogens (tertiary/aromatic N) is 6. The van der Waals surface area contributed by atoms with Gasteiger partial charge in [-0.15, -0.1) is 13.2 Å². The number of aryl methyl sites for hydroxylation is 4. The van der Waals surface area contributed by atoms with Crippen molar-refractivity contribution in [2.45, 2.75) is 45.9 Å². The molecule has 46 heavy (non-hydrogen) atoms. The Labute approximate surface area is 265 Å². The lowest BCUT2D eigenvalue weighted by Crippen LogP contribution is -2.44. The standard InChI is InChI=1S/C33H37F3N8O2/c1-5-20-8-7-9-21(6-2)27(20)39-31(45)29-24-12-10-22-19-37-32(40-28(22)30(24)43(4)41-29)38-25-13-11-23(18-26(25)46-33(34,35)36)44-16-14-42(3)15-17-44/h7-9,11,13,18-19H,5-6,10,12,14-17H2,1-4H3,(H,39,45)(H,37,38,40). The average Bonchev–Trinajstić information content (AvgIpc) is 3.38. The fraction of sp³-hybridized carbons (Fsp3) is 0.394. The Morgan fingerprint density at radius 1 is 1.00 bits per heavy atom. The van der Waals surface area contributed by atoms with Crippen LogP contribution in [-0.4, -0.2) is 70.1 Å². The summed E-state index contributed by atoms with van der Waals surface area (Å²) in [6.45, 7) is 7.11. The van der Waals surface area contributed by atoms with Crippen molar-refractivity contribution in [3.63, 3.8) is 0 Å². The van der Waals surface area contributed by atoms with Gasteiger partial charge in [-0.1, -0.05) is 32.0 Å². The van der Waals surface area contributed by atoms with E-state index in [1.54, 1.807) is 30.1 Å². The molecule has 1 aliphatic heterocycles. The SMILES string of the molecule is CCc1cccc(CC)c1NC(=O)c1nn(C)c2c1CCc1cnc(Nc3ccc(N4CCN(C)CC4)cc3OC(F)(F)F)nc1-2. The summed E-state index contributed by atoms with van der Waals surface area (Å²) in [5.74, 6) is -0.565. The zero-order valence-electron chi connectivity index (χ0n) is 26.3. The maximum atomic E-state index is 13.6. The summed E-state index contributed by atoms with van der Waals surface area (Å²) in [6.07, 6.45) is -0.514. The van der Waals surface area contributed by atoms with Gasteiger partial charge in [-0.05, 0) is 61.6 Å². The second kappa shape index (κ2) is 12.6. The highest BCUT2D eigenvalue weighted by Gasteiger charge is 2.33. The van der Waals surface area contributed by atoms with E-state index in [1.165, 1.54) is 6.07 Å². The summed E-state index contributed by atoms with van der Waals surface area (Å²) >= 11 is 0. The molecular formula is C33H37F3N8O2. The minimum atomic E-state index is -4.88. The molecule has 0 bridgehead atoms. The van der Waals surface area contributed by atoms with Gasteiger partial charge in [0, 0.05) is 62.4 Å². The molecule has 242 valence electrons. The van der Waals surface area contributed by atoms with E-state index in [2.05, 4.69) is 44.2 Å². The topological polar surface area (TPSA) is 100 Å². The molecule has 2 aliphatic rings. The minimum absolute atomic E-state index is 0.0811. The first-order valence-corrected chi connectivity index (χ1v) is 15.5. The molecule has 1 saturated heterocycles. The molecule has 1 fully saturated rings. The number of piperazine rings is 1. The quantitative estimate of drug-likeness (QED) is 0.253. The number of rotatable bonds is 8. The third kappa shape index (κ3) is 6.37. The van der Waals surface area contributed by atoms with Crippen LogP contribution in [0.4, 0.5) is 36.2 Å². The van der Waals surface area contributed by atoms with E-state index in [-0.39, 0.29) is 23.3 Å². The molecule has 0 saturated carbocycles. The van der Waals surface area contributed by atoms with Crippen molar-refractivity contribution in [2.24, 2.45) is 7.05 Å². The Bertz CT molecular complexity index is 1740. The molecular weight excluding hydrogens is 597 g/mol.